The van der Waals surface area contributed by atoms with E-state index < -0.39 is 19.6 Å². The summed E-state index contributed by atoms with van der Waals surface area (Å²) in [6.45, 7) is 1.70. The summed E-state index contributed by atoms with van der Waals surface area (Å²) < 4.78 is 54.5. The molecule has 0 amide bonds. The number of aliphatic hydroxyl groups excluding tert-OH is 1. The molecule has 0 aromatic carbocycles. The molecule has 1 N–H and O–H groups in total. The second-order valence-corrected chi connectivity index (χ2v) is 11.7. The smallest absolute Gasteiger partial charge is 0.0543 e. The van der Waals surface area contributed by atoms with Crippen LogP contribution in [0.25, 0.3) is 0 Å². The highest BCUT2D eigenvalue weighted by Crippen LogP contribution is 2.68. The Bertz CT molecular complexity index is 750. The lowest BCUT2D eigenvalue weighted by Gasteiger charge is -2.61. The van der Waals surface area contributed by atoms with Crippen LogP contribution in [0.1, 0.15) is 121 Å². The van der Waals surface area contributed by atoms with Gasteiger partial charge in [-0.3, -0.25) is 0 Å². The SMILES string of the molecule is [2H]C([2H])([2H])C([2H])(CCCC(C)[C@H]1CC[C@H]2[C@@H]3CC[C@H]4C[C@@H](O)CC[C@]4(C)[C@H]3CC[C@]12C)C([2H])([2H])[2H]. The molecule has 162 valence electrons. The molecular formula is C27H48O. The lowest BCUT2D eigenvalue weighted by Crippen LogP contribution is -2.54. The summed E-state index contributed by atoms with van der Waals surface area (Å²) in [5, 5.41) is 10.3. The van der Waals surface area contributed by atoms with Crippen molar-refractivity contribution >= 4 is 0 Å². The van der Waals surface area contributed by atoms with Gasteiger partial charge < -0.3 is 5.11 Å². The number of hydrogen-bond acceptors (Lipinski definition) is 1. The molecular weight excluding hydrogens is 340 g/mol. The van der Waals surface area contributed by atoms with Crippen LogP contribution in [0.5, 0.6) is 0 Å². The second-order valence-electron chi connectivity index (χ2n) is 11.7. The summed E-state index contributed by atoms with van der Waals surface area (Å²) in [5.74, 6) is 1.61. The molecule has 4 saturated carbocycles. The van der Waals surface area contributed by atoms with Crippen LogP contribution < -0.4 is 0 Å². The fourth-order valence-electron chi connectivity index (χ4n) is 9.01. The second kappa shape index (κ2) is 7.90. The molecule has 0 heterocycles. The zero-order chi connectivity index (χ0) is 26.0. The maximum Gasteiger partial charge on any atom is 0.0543 e. The van der Waals surface area contributed by atoms with E-state index in [4.69, 9.17) is 9.60 Å². The van der Waals surface area contributed by atoms with Crippen LogP contribution in [0.15, 0.2) is 0 Å². The first-order valence-electron chi connectivity index (χ1n) is 15.7. The minimum Gasteiger partial charge on any atom is -0.393 e. The largest absolute Gasteiger partial charge is 0.393 e. The number of aliphatic hydroxyl groups is 1. The maximum atomic E-state index is 10.3. The van der Waals surface area contributed by atoms with Crippen LogP contribution in [0, 0.1) is 52.2 Å². The van der Waals surface area contributed by atoms with Crippen molar-refractivity contribution in [1.29, 1.82) is 0 Å². The summed E-state index contributed by atoms with van der Waals surface area (Å²) in [5.41, 5.74) is 0.694. The molecule has 4 fully saturated rings. The summed E-state index contributed by atoms with van der Waals surface area (Å²) in [6, 6.07) is 0. The van der Waals surface area contributed by atoms with Crippen LogP contribution >= 0.6 is 0 Å². The number of rotatable bonds is 5. The molecule has 0 aromatic heterocycles. The van der Waals surface area contributed by atoms with Crippen molar-refractivity contribution in [3.63, 3.8) is 0 Å². The maximum absolute atomic E-state index is 10.3. The van der Waals surface area contributed by atoms with Crippen LogP contribution in [0.2, 0.25) is 0 Å². The predicted molar refractivity (Wildman–Crippen MR) is 119 cm³/mol. The van der Waals surface area contributed by atoms with Gasteiger partial charge in [-0.1, -0.05) is 53.7 Å². The molecule has 4 aliphatic carbocycles. The third kappa shape index (κ3) is 3.50. The van der Waals surface area contributed by atoms with E-state index in [-0.39, 0.29) is 12.5 Å². The van der Waals surface area contributed by atoms with Gasteiger partial charge in [0.05, 0.1) is 6.10 Å². The number of fused-ring (bicyclic) bond motifs is 5. The van der Waals surface area contributed by atoms with Crippen molar-refractivity contribution in [2.75, 3.05) is 0 Å². The topological polar surface area (TPSA) is 20.2 Å². The summed E-state index contributed by atoms with van der Waals surface area (Å²) >= 11 is 0. The first-order valence-corrected chi connectivity index (χ1v) is 12.2. The molecule has 0 aromatic rings. The minimum atomic E-state index is -2.81. The van der Waals surface area contributed by atoms with Gasteiger partial charge in [-0.15, -0.1) is 0 Å². The van der Waals surface area contributed by atoms with Crippen molar-refractivity contribution in [2.45, 2.75) is 118 Å². The Hall–Kier alpha value is -0.0400. The van der Waals surface area contributed by atoms with Crippen molar-refractivity contribution in [1.82, 2.24) is 0 Å². The van der Waals surface area contributed by atoms with E-state index in [0.29, 0.717) is 35.0 Å². The highest BCUT2D eigenvalue weighted by atomic mass is 16.3. The third-order valence-electron chi connectivity index (χ3n) is 10.5. The van der Waals surface area contributed by atoms with Crippen LogP contribution in [-0.2, 0) is 0 Å². The van der Waals surface area contributed by atoms with Crippen molar-refractivity contribution in [3.8, 4) is 0 Å². The van der Waals surface area contributed by atoms with E-state index in [1.807, 2.05) is 0 Å². The molecule has 0 aliphatic heterocycles. The lowest BCUT2D eigenvalue weighted by molar-refractivity contribution is -0.129. The van der Waals surface area contributed by atoms with Gasteiger partial charge in [-0.2, -0.15) is 0 Å². The normalized spacial score (nSPS) is 54.4. The molecule has 9 atom stereocenters. The Kier molecular flexibility index (Phi) is 3.98. The summed E-state index contributed by atoms with van der Waals surface area (Å²) in [4.78, 5) is 0. The molecule has 0 radical (unpaired) electrons. The lowest BCUT2D eigenvalue weighted by atomic mass is 9.44. The minimum absolute atomic E-state index is 0.103. The zero-order valence-corrected chi connectivity index (χ0v) is 18.5. The van der Waals surface area contributed by atoms with Gasteiger partial charge in [0, 0.05) is 9.60 Å². The fourth-order valence-corrected chi connectivity index (χ4v) is 9.01. The predicted octanol–water partition coefficient (Wildman–Crippen LogP) is 7.47. The third-order valence-corrected chi connectivity index (χ3v) is 10.5. The molecule has 0 saturated heterocycles. The highest BCUT2D eigenvalue weighted by Gasteiger charge is 2.60. The Morgan fingerprint density at radius 1 is 0.964 bits per heavy atom. The zero-order valence-electron chi connectivity index (χ0n) is 25.5. The van der Waals surface area contributed by atoms with Gasteiger partial charge >= 0.3 is 0 Å². The van der Waals surface area contributed by atoms with Gasteiger partial charge in [0.25, 0.3) is 0 Å². The Morgan fingerprint density at radius 2 is 1.71 bits per heavy atom. The molecule has 1 heteroatoms. The van der Waals surface area contributed by atoms with E-state index >= 15 is 0 Å². The van der Waals surface area contributed by atoms with Crippen LogP contribution in [0.4, 0.5) is 0 Å². The van der Waals surface area contributed by atoms with Crippen molar-refractivity contribution in [2.24, 2.45) is 52.2 Å². The molecule has 4 rings (SSSR count). The van der Waals surface area contributed by atoms with Gasteiger partial charge in [-0.25, -0.2) is 0 Å². The van der Waals surface area contributed by atoms with Gasteiger partial charge in [-0.05, 0) is 110 Å². The number of hydrogen-bond donors (Lipinski definition) is 1. The monoisotopic (exact) mass is 395 g/mol. The molecule has 1 unspecified atom stereocenters. The van der Waals surface area contributed by atoms with Gasteiger partial charge in [0.15, 0.2) is 0 Å². The van der Waals surface area contributed by atoms with E-state index in [2.05, 4.69) is 20.8 Å². The average molecular weight is 396 g/mol. The molecule has 0 spiro atoms. The molecule has 28 heavy (non-hydrogen) atoms. The van der Waals surface area contributed by atoms with E-state index in [1.165, 1.54) is 44.9 Å². The van der Waals surface area contributed by atoms with Crippen molar-refractivity contribution in [3.05, 3.63) is 0 Å². The Balaban J connectivity index is 1.42. The van der Waals surface area contributed by atoms with Gasteiger partial charge in [0.1, 0.15) is 0 Å². The van der Waals surface area contributed by atoms with Crippen LogP contribution in [-0.4, -0.2) is 11.2 Å². The quantitative estimate of drug-likeness (QED) is 0.512. The van der Waals surface area contributed by atoms with Crippen molar-refractivity contribution < 1.29 is 14.7 Å². The first kappa shape index (κ1) is 14.1. The van der Waals surface area contributed by atoms with Crippen LogP contribution in [0.3, 0.4) is 0 Å². The van der Waals surface area contributed by atoms with E-state index in [0.717, 1.165) is 37.0 Å². The van der Waals surface area contributed by atoms with Gasteiger partial charge in [0.2, 0.25) is 0 Å². The standard InChI is InChI=1S/C27H48O/c1-18(2)7-6-8-19(3)23-11-12-24-22-10-9-20-17-21(28)13-15-26(20,4)25(22)14-16-27(23,24)5/h18-25,28H,6-17H2,1-5H3/t19?,20-,21-,22-,23+,24-,25-,26-,27+/m0/s1/i1D3,2D3,18D. The first-order chi connectivity index (χ1) is 16.0. The highest BCUT2D eigenvalue weighted by molar-refractivity contribution is 5.09. The Labute approximate surface area is 185 Å². The molecule has 4 aliphatic rings. The molecule has 0 bridgehead atoms. The fraction of sp³-hybridized carbons (Fsp3) is 1.00. The molecule has 1 nitrogen and oxygen atoms in total. The Morgan fingerprint density at radius 3 is 2.50 bits per heavy atom. The summed E-state index contributed by atoms with van der Waals surface area (Å²) in [7, 11) is 0. The van der Waals surface area contributed by atoms with E-state index in [1.54, 1.807) is 0 Å². The summed E-state index contributed by atoms with van der Waals surface area (Å²) in [6.07, 6.45) is 11.8. The van der Waals surface area contributed by atoms with E-state index in [9.17, 15) is 5.11 Å². The average Bonchev–Trinajstić information content (AvgIpc) is 3.09.